The van der Waals surface area contributed by atoms with Crippen LogP contribution in [-0.4, -0.2) is 0 Å². The van der Waals surface area contributed by atoms with Crippen LogP contribution in [0.5, 0.6) is 0 Å². The van der Waals surface area contributed by atoms with Crippen LogP contribution < -0.4 is 5.73 Å². The Bertz CT molecular complexity index is 515. The lowest BCUT2D eigenvalue weighted by Gasteiger charge is -2.10. The zero-order chi connectivity index (χ0) is 12.4. The molecule has 0 bridgehead atoms. The summed E-state index contributed by atoms with van der Waals surface area (Å²) < 4.78 is 0. The van der Waals surface area contributed by atoms with E-state index >= 15 is 0 Å². The second-order valence-electron chi connectivity index (χ2n) is 4.32. The Morgan fingerprint density at radius 1 is 1.06 bits per heavy atom. The van der Waals surface area contributed by atoms with Crippen molar-refractivity contribution < 1.29 is 0 Å². The molecule has 1 nitrogen and oxygen atoms in total. The van der Waals surface area contributed by atoms with Crippen LogP contribution in [0.2, 0.25) is 5.02 Å². The minimum Gasteiger partial charge on any atom is -0.324 e. The van der Waals surface area contributed by atoms with Gasteiger partial charge in [-0.3, -0.25) is 0 Å². The van der Waals surface area contributed by atoms with E-state index in [0.29, 0.717) is 0 Å². The van der Waals surface area contributed by atoms with Crippen molar-refractivity contribution in [3.05, 3.63) is 58.6 Å². The van der Waals surface area contributed by atoms with Gasteiger partial charge in [0, 0.05) is 11.1 Å². The lowest BCUT2D eigenvalue weighted by atomic mass is 9.98. The van der Waals surface area contributed by atoms with Crippen LogP contribution in [0.4, 0.5) is 0 Å². The van der Waals surface area contributed by atoms with Gasteiger partial charge in [0.05, 0.1) is 0 Å². The van der Waals surface area contributed by atoms with Crippen LogP contribution in [0, 0.1) is 6.92 Å². The van der Waals surface area contributed by atoms with Crippen LogP contribution in [0.1, 0.15) is 24.1 Å². The average Bonchev–Trinajstić information content (AvgIpc) is 2.33. The predicted molar refractivity (Wildman–Crippen MR) is 74.2 cm³/mol. The molecule has 2 heteroatoms. The molecule has 0 aliphatic rings. The quantitative estimate of drug-likeness (QED) is 0.837. The maximum atomic E-state index is 6.13. The first kappa shape index (κ1) is 12.2. The van der Waals surface area contributed by atoms with E-state index < -0.39 is 0 Å². The molecule has 0 aromatic heterocycles. The molecular formula is C15H16ClN. The summed E-state index contributed by atoms with van der Waals surface area (Å²) in [6.45, 7) is 4.02. The van der Waals surface area contributed by atoms with Gasteiger partial charge in [-0.25, -0.2) is 0 Å². The summed E-state index contributed by atoms with van der Waals surface area (Å²) in [5, 5.41) is 0.804. The number of rotatable bonds is 2. The van der Waals surface area contributed by atoms with Gasteiger partial charge < -0.3 is 5.73 Å². The number of hydrogen-bond acceptors (Lipinski definition) is 1. The van der Waals surface area contributed by atoms with Crippen molar-refractivity contribution in [1.82, 2.24) is 0 Å². The van der Waals surface area contributed by atoms with Gasteiger partial charge in [0.1, 0.15) is 0 Å². The van der Waals surface area contributed by atoms with E-state index in [9.17, 15) is 0 Å². The van der Waals surface area contributed by atoms with Gasteiger partial charge in [-0.2, -0.15) is 0 Å². The Morgan fingerprint density at radius 2 is 1.71 bits per heavy atom. The molecule has 2 aromatic carbocycles. The molecule has 0 spiro atoms. The minimum absolute atomic E-state index is 0.0736. The van der Waals surface area contributed by atoms with Gasteiger partial charge in [0.2, 0.25) is 0 Å². The Kier molecular flexibility index (Phi) is 3.51. The normalized spacial score (nSPS) is 12.5. The highest BCUT2D eigenvalue weighted by molar-refractivity contribution is 6.31. The Hall–Kier alpha value is -1.31. The molecular weight excluding hydrogens is 230 g/mol. The van der Waals surface area contributed by atoms with Crippen molar-refractivity contribution in [1.29, 1.82) is 0 Å². The lowest BCUT2D eigenvalue weighted by molar-refractivity contribution is 0.818. The first-order valence-corrected chi connectivity index (χ1v) is 6.08. The minimum atomic E-state index is 0.0736. The second-order valence-corrected chi connectivity index (χ2v) is 4.73. The maximum absolute atomic E-state index is 6.13. The molecule has 17 heavy (non-hydrogen) atoms. The number of benzene rings is 2. The summed E-state index contributed by atoms with van der Waals surface area (Å²) in [6, 6.07) is 14.4. The maximum Gasteiger partial charge on any atom is 0.0441 e. The number of halogens is 1. The molecule has 0 saturated heterocycles. The molecule has 0 saturated carbocycles. The van der Waals surface area contributed by atoms with Gasteiger partial charge >= 0.3 is 0 Å². The van der Waals surface area contributed by atoms with E-state index in [-0.39, 0.29) is 6.04 Å². The molecule has 2 aromatic rings. The van der Waals surface area contributed by atoms with Crippen LogP contribution in [-0.2, 0) is 0 Å². The fraction of sp³-hybridized carbons (Fsp3) is 0.200. The van der Waals surface area contributed by atoms with E-state index in [1.165, 1.54) is 11.1 Å². The van der Waals surface area contributed by atoms with Crippen molar-refractivity contribution in [3.63, 3.8) is 0 Å². The Balaban J connectivity index is 2.43. The third-order valence-electron chi connectivity index (χ3n) is 3.02. The van der Waals surface area contributed by atoms with E-state index in [1.807, 2.05) is 26.0 Å². The second kappa shape index (κ2) is 4.91. The highest BCUT2D eigenvalue weighted by Crippen LogP contribution is 2.28. The molecule has 88 valence electrons. The fourth-order valence-corrected chi connectivity index (χ4v) is 2.06. The van der Waals surface area contributed by atoms with Gasteiger partial charge in [-0.15, -0.1) is 0 Å². The van der Waals surface area contributed by atoms with Crippen molar-refractivity contribution in [2.45, 2.75) is 19.9 Å². The van der Waals surface area contributed by atoms with Crippen molar-refractivity contribution in [3.8, 4) is 11.1 Å². The molecule has 0 aliphatic heterocycles. The van der Waals surface area contributed by atoms with Crippen molar-refractivity contribution in [2.24, 2.45) is 5.73 Å². The summed E-state index contributed by atoms with van der Waals surface area (Å²) >= 11 is 6.13. The van der Waals surface area contributed by atoms with Crippen LogP contribution >= 0.6 is 11.6 Å². The average molecular weight is 246 g/mol. The van der Waals surface area contributed by atoms with E-state index in [0.717, 1.165) is 16.1 Å². The van der Waals surface area contributed by atoms with Crippen LogP contribution in [0.25, 0.3) is 11.1 Å². The first-order valence-electron chi connectivity index (χ1n) is 5.70. The van der Waals surface area contributed by atoms with Crippen LogP contribution in [0.15, 0.2) is 42.5 Å². The smallest absolute Gasteiger partial charge is 0.0441 e. The molecule has 0 fully saturated rings. The number of nitrogens with two attached hydrogens (primary N) is 1. The Labute approximate surface area is 107 Å². The molecule has 1 atom stereocenters. The summed E-state index contributed by atoms with van der Waals surface area (Å²) in [4.78, 5) is 0. The summed E-state index contributed by atoms with van der Waals surface area (Å²) in [7, 11) is 0. The molecule has 2 rings (SSSR count). The fourth-order valence-electron chi connectivity index (χ4n) is 1.89. The SMILES string of the molecule is Cc1c(Cl)cccc1-c1ccc(C(C)N)cc1. The van der Waals surface area contributed by atoms with Crippen molar-refractivity contribution >= 4 is 11.6 Å². The lowest BCUT2D eigenvalue weighted by Crippen LogP contribution is -2.04. The van der Waals surface area contributed by atoms with Gasteiger partial charge in [0.15, 0.2) is 0 Å². The number of hydrogen-bond donors (Lipinski definition) is 1. The first-order chi connectivity index (χ1) is 8.09. The zero-order valence-electron chi connectivity index (χ0n) is 10.1. The topological polar surface area (TPSA) is 26.0 Å². The Morgan fingerprint density at radius 3 is 2.29 bits per heavy atom. The van der Waals surface area contributed by atoms with Crippen LogP contribution in [0.3, 0.4) is 0 Å². The largest absolute Gasteiger partial charge is 0.324 e. The highest BCUT2D eigenvalue weighted by Gasteiger charge is 2.05. The molecule has 2 N–H and O–H groups in total. The third kappa shape index (κ3) is 2.51. The monoisotopic (exact) mass is 245 g/mol. The van der Waals surface area contributed by atoms with Gasteiger partial charge in [0.25, 0.3) is 0 Å². The van der Waals surface area contributed by atoms with E-state index in [1.54, 1.807) is 0 Å². The highest BCUT2D eigenvalue weighted by atomic mass is 35.5. The predicted octanol–water partition coefficient (Wildman–Crippen LogP) is 4.34. The summed E-state index contributed by atoms with van der Waals surface area (Å²) in [5.41, 5.74) is 10.4. The molecule has 1 unspecified atom stereocenters. The summed E-state index contributed by atoms with van der Waals surface area (Å²) in [5.74, 6) is 0. The third-order valence-corrected chi connectivity index (χ3v) is 3.42. The van der Waals surface area contributed by atoms with E-state index in [2.05, 4.69) is 30.3 Å². The van der Waals surface area contributed by atoms with Crippen molar-refractivity contribution in [2.75, 3.05) is 0 Å². The van der Waals surface area contributed by atoms with Gasteiger partial charge in [-0.05, 0) is 42.2 Å². The molecule has 0 heterocycles. The summed E-state index contributed by atoms with van der Waals surface area (Å²) in [6.07, 6.45) is 0. The standard InChI is InChI=1S/C15H16ClN/c1-10-14(4-3-5-15(10)16)13-8-6-12(7-9-13)11(2)17/h3-9,11H,17H2,1-2H3. The molecule has 0 radical (unpaired) electrons. The van der Waals surface area contributed by atoms with Gasteiger partial charge in [-0.1, -0.05) is 48.0 Å². The molecule has 0 amide bonds. The molecule has 0 aliphatic carbocycles. The van der Waals surface area contributed by atoms with E-state index in [4.69, 9.17) is 17.3 Å². The zero-order valence-corrected chi connectivity index (χ0v) is 10.8.